The van der Waals surface area contributed by atoms with Crippen LogP contribution in [0.15, 0.2) is 18.3 Å². The number of pyridine rings is 1. The van der Waals surface area contributed by atoms with Gasteiger partial charge in [0.1, 0.15) is 5.82 Å². The van der Waals surface area contributed by atoms with Crippen LogP contribution in [0.5, 0.6) is 0 Å². The van der Waals surface area contributed by atoms with Gasteiger partial charge in [-0.15, -0.1) is 0 Å². The fourth-order valence-electron chi connectivity index (χ4n) is 3.08. The molecule has 2 aromatic heterocycles. The van der Waals surface area contributed by atoms with E-state index in [4.69, 9.17) is 5.73 Å². The average molecular weight is 288 g/mol. The minimum Gasteiger partial charge on any atom is -0.476 e. The first kappa shape index (κ1) is 13.9. The van der Waals surface area contributed by atoms with Gasteiger partial charge in [0.15, 0.2) is 5.69 Å². The largest absolute Gasteiger partial charge is 0.476 e. The monoisotopic (exact) mass is 288 g/mol. The topological polar surface area (TPSA) is 83.9 Å². The molecule has 0 spiro atoms. The number of fused-ring (bicyclic) bond motifs is 1. The van der Waals surface area contributed by atoms with Crippen LogP contribution in [0.2, 0.25) is 0 Å². The van der Waals surface area contributed by atoms with Crippen LogP contribution in [-0.2, 0) is 0 Å². The molecule has 3 rings (SSSR count). The smallest absolute Gasteiger partial charge is 0.356 e. The number of piperidine rings is 1. The van der Waals surface area contributed by atoms with E-state index in [-0.39, 0.29) is 11.6 Å². The van der Waals surface area contributed by atoms with Gasteiger partial charge in [0.25, 0.3) is 0 Å². The normalized spacial score (nSPS) is 17.4. The predicted octanol–water partition coefficient (Wildman–Crippen LogP) is 1.81. The van der Waals surface area contributed by atoms with E-state index >= 15 is 0 Å². The van der Waals surface area contributed by atoms with Gasteiger partial charge in [-0.2, -0.15) is 0 Å². The SMILES string of the molecule is CCN1CCC(c2nc(C(=O)O)c3ccc(N)cn23)CC1. The van der Waals surface area contributed by atoms with Crippen LogP contribution in [0.3, 0.4) is 0 Å². The highest BCUT2D eigenvalue weighted by molar-refractivity contribution is 5.93. The third-order valence-corrected chi connectivity index (χ3v) is 4.29. The number of anilines is 1. The Morgan fingerprint density at radius 1 is 1.43 bits per heavy atom. The Balaban J connectivity index is 2.02. The average Bonchev–Trinajstić information content (AvgIpc) is 2.86. The molecule has 0 aromatic carbocycles. The van der Waals surface area contributed by atoms with Gasteiger partial charge in [-0.1, -0.05) is 6.92 Å². The number of aromatic carboxylic acids is 1. The van der Waals surface area contributed by atoms with Gasteiger partial charge in [-0.05, 0) is 44.6 Å². The molecule has 2 aromatic rings. The van der Waals surface area contributed by atoms with E-state index < -0.39 is 5.97 Å². The number of carboxylic acids is 1. The second-order valence-corrected chi connectivity index (χ2v) is 5.55. The summed E-state index contributed by atoms with van der Waals surface area (Å²) in [6, 6.07) is 3.45. The Kier molecular flexibility index (Phi) is 3.55. The number of hydrogen-bond donors (Lipinski definition) is 2. The number of rotatable bonds is 3. The third-order valence-electron chi connectivity index (χ3n) is 4.29. The first-order valence-corrected chi connectivity index (χ1v) is 7.33. The second kappa shape index (κ2) is 5.37. The molecule has 1 aliphatic rings. The number of carboxylic acid groups (broad SMARTS) is 1. The molecular formula is C15H20N4O2. The summed E-state index contributed by atoms with van der Waals surface area (Å²) < 4.78 is 1.85. The molecule has 6 heteroatoms. The Morgan fingerprint density at radius 2 is 2.14 bits per heavy atom. The van der Waals surface area contributed by atoms with E-state index in [0.717, 1.165) is 38.3 Å². The standard InChI is InChI=1S/C15H20N4O2/c1-2-18-7-5-10(6-8-18)14-17-13(15(20)21)12-4-3-11(16)9-19(12)14/h3-4,9-10H,2,5-8,16H2,1H3,(H,20,21). The van der Waals surface area contributed by atoms with Crippen molar-refractivity contribution in [2.45, 2.75) is 25.7 Å². The molecule has 1 fully saturated rings. The number of nitrogens with zero attached hydrogens (tertiary/aromatic N) is 3. The number of nitrogens with two attached hydrogens (primary N) is 1. The van der Waals surface area contributed by atoms with E-state index in [1.54, 1.807) is 18.3 Å². The Hall–Kier alpha value is -2.08. The molecule has 112 valence electrons. The van der Waals surface area contributed by atoms with Gasteiger partial charge >= 0.3 is 5.97 Å². The van der Waals surface area contributed by atoms with Crippen molar-refractivity contribution in [1.82, 2.24) is 14.3 Å². The van der Waals surface area contributed by atoms with Gasteiger partial charge in [-0.25, -0.2) is 9.78 Å². The molecular weight excluding hydrogens is 268 g/mol. The van der Waals surface area contributed by atoms with E-state index in [0.29, 0.717) is 11.2 Å². The summed E-state index contributed by atoms with van der Waals surface area (Å²) >= 11 is 0. The summed E-state index contributed by atoms with van der Waals surface area (Å²) in [4.78, 5) is 18.2. The summed E-state index contributed by atoms with van der Waals surface area (Å²) in [6.07, 6.45) is 3.78. The Labute approximate surface area is 123 Å². The summed E-state index contributed by atoms with van der Waals surface area (Å²) in [7, 11) is 0. The number of likely N-dealkylation sites (tertiary alicyclic amines) is 1. The van der Waals surface area contributed by atoms with E-state index in [1.165, 1.54) is 0 Å². The zero-order valence-electron chi connectivity index (χ0n) is 12.1. The van der Waals surface area contributed by atoms with Gasteiger partial charge in [0.2, 0.25) is 0 Å². The summed E-state index contributed by atoms with van der Waals surface area (Å²) in [5.41, 5.74) is 7.19. The van der Waals surface area contributed by atoms with Crippen molar-refractivity contribution in [1.29, 1.82) is 0 Å². The van der Waals surface area contributed by atoms with Crippen molar-refractivity contribution < 1.29 is 9.90 Å². The number of carbonyl (C=O) groups is 1. The predicted molar refractivity (Wildman–Crippen MR) is 80.7 cm³/mol. The van der Waals surface area contributed by atoms with Crippen molar-refractivity contribution in [2.24, 2.45) is 0 Å². The van der Waals surface area contributed by atoms with E-state index in [9.17, 15) is 9.90 Å². The second-order valence-electron chi connectivity index (χ2n) is 5.55. The molecule has 0 radical (unpaired) electrons. The lowest BCUT2D eigenvalue weighted by Gasteiger charge is -2.30. The highest BCUT2D eigenvalue weighted by Gasteiger charge is 2.26. The van der Waals surface area contributed by atoms with Crippen LogP contribution in [0.25, 0.3) is 5.52 Å². The molecule has 1 aliphatic heterocycles. The van der Waals surface area contributed by atoms with Crippen LogP contribution in [-0.4, -0.2) is 45.0 Å². The van der Waals surface area contributed by atoms with E-state index in [2.05, 4.69) is 16.8 Å². The van der Waals surface area contributed by atoms with Crippen LogP contribution in [0.4, 0.5) is 5.69 Å². The van der Waals surface area contributed by atoms with Crippen molar-refractivity contribution in [3.8, 4) is 0 Å². The number of imidazole rings is 1. The fourth-order valence-corrected chi connectivity index (χ4v) is 3.08. The number of aromatic nitrogens is 2. The van der Waals surface area contributed by atoms with Crippen molar-refractivity contribution in [3.63, 3.8) is 0 Å². The van der Waals surface area contributed by atoms with Gasteiger partial charge < -0.3 is 20.1 Å². The zero-order chi connectivity index (χ0) is 15.0. The highest BCUT2D eigenvalue weighted by atomic mass is 16.4. The maximum atomic E-state index is 11.4. The Morgan fingerprint density at radius 3 is 2.76 bits per heavy atom. The quantitative estimate of drug-likeness (QED) is 0.900. The molecule has 6 nitrogen and oxygen atoms in total. The van der Waals surface area contributed by atoms with Crippen molar-refractivity contribution in [2.75, 3.05) is 25.4 Å². The molecule has 3 N–H and O–H groups in total. The lowest BCUT2D eigenvalue weighted by atomic mass is 9.96. The number of hydrogen-bond acceptors (Lipinski definition) is 4. The first-order chi connectivity index (χ1) is 10.1. The van der Waals surface area contributed by atoms with Crippen molar-refractivity contribution in [3.05, 3.63) is 29.8 Å². The maximum Gasteiger partial charge on any atom is 0.356 e. The highest BCUT2D eigenvalue weighted by Crippen LogP contribution is 2.29. The summed E-state index contributed by atoms with van der Waals surface area (Å²) in [6.45, 7) is 5.28. The molecule has 0 bridgehead atoms. The van der Waals surface area contributed by atoms with Crippen LogP contribution in [0.1, 0.15) is 42.0 Å². The third kappa shape index (κ3) is 2.47. The molecule has 0 aliphatic carbocycles. The first-order valence-electron chi connectivity index (χ1n) is 7.33. The molecule has 3 heterocycles. The van der Waals surface area contributed by atoms with Gasteiger partial charge in [0, 0.05) is 17.8 Å². The van der Waals surface area contributed by atoms with E-state index in [1.807, 2.05) is 4.40 Å². The lowest BCUT2D eigenvalue weighted by molar-refractivity contribution is 0.0693. The van der Waals surface area contributed by atoms with Crippen molar-refractivity contribution >= 4 is 17.2 Å². The summed E-state index contributed by atoms with van der Waals surface area (Å²) in [5, 5.41) is 9.33. The lowest BCUT2D eigenvalue weighted by Crippen LogP contribution is -2.33. The van der Waals surface area contributed by atoms with Crippen LogP contribution in [0, 0.1) is 0 Å². The minimum absolute atomic E-state index is 0.114. The molecule has 0 saturated carbocycles. The summed E-state index contributed by atoms with van der Waals surface area (Å²) in [5.74, 6) is 0.121. The molecule has 0 atom stereocenters. The van der Waals surface area contributed by atoms with Crippen LogP contribution < -0.4 is 5.73 Å². The fraction of sp³-hybridized carbons (Fsp3) is 0.467. The molecule has 0 unspecified atom stereocenters. The maximum absolute atomic E-state index is 11.4. The minimum atomic E-state index is -0.991. The molecule has 21 heavy (non-hydrogen) atoms. The number of nitrogen functional groups attached to an aromatic ring is 1. The molecule has 0 amide bonds. The van der Waals surface area contributed by atoms with Gasteiger partial charge in [0.05, 0.1) is 5.52 Å². The van der Waals surface area contributed by atoms with Crippen LogP contribution >= 0.6 is 0 Å². The zero-order valence-corrected chi connectivity index (χ0v) is 12.1. The van der Waals surface area contributed by atoms with Gasteiger partial charge in [-0.3, -0.25) is 0 Å². The Bertz CT molecular complexity index is 672. The molecule has 1 saturated heterocycles.